The SMILES string of the molecule is C1=C\CCCNO\C=C/1. The molecule has 0 spiro atoms. The van der Waals surface area contributed by atoms with Crippen molar-refractivity contribution in [3.63, 3.8) is 0 Å². The van der Waals surface area contributed by atoms with Crippen molar-refractivity contribution in [2.75, 3.05) is 6.54 Å². The van der Waals surface area contributed by atoms with E-state index in [9.17, 15) is 0 Å². The van der Waals surface area contributed by atoms with Crippen LogP contribution in [0.25, 0.3) is 0 Å². The van der Waals surface area contributed by atoms with Gasteiger partial charge in [0.25, 0.3) is 0 Å². The van der Waals surface area contributed by atoms with Gasteiger partial charge in [-0.3, -0.25) is 0 Å². The molecule has 1 aliphatic rings. The van der Waals surface area contributed by atoms with Crippen LogP contribution in [0, 0.1) is 0 Å². The van der Waals surface area contributed by atoms with E-state index in [0.717, 1.165) is 19.4 Å². The van der Waals surface area contributed by atoms with Crippen LogP contribution in [0.5, 0.6) is 0 Å². The van der Waals surface area contributed by atoms with E-state index in [2.05, 4.69) is 11.6 Å². The van der Waals surface area contributed by atoms with Crippen LogP contribution < -0.4 is 5.48 Å². The fourth-order valence-corrected chi connectivity index (χ4v) is 0.659. The quantitative estimate of drug-likeness (QED) is 0.528. The Labute approximate surface area is 55.2 Å². The maximum atomic E-state index is 4.87. The summed E-state index contributed by atoms with van der Waals surface area (Å²) in [5.41, 5.74) is 2.80. The number of allylic oxidation sites excluding steroid dienone is 3. The molecular formula is C7H11NO. The average molecular weight is 125 g/mol. The van der Waals surface area contributed by atoms with E-state index in [1.54, 1.807) is 6.26 Å². The molecule has 2 nitrogen and oxygen atoms in total. The highest BCUT2D eigenvalue weighted by Gasteiger charge is 1.84. The van der Waals surface area contributed by atoms with Gasteiger partial charge in [0, 0.05) is 6.54 Å². The maximum Gasteiger partial charge on any atom is 0.111 e. The predicted molar refractivity (Wildman–Crippen MR) is 36.6 cm³/mol. The van der Waals surface area contributed by atoms with Gasteiger partial charge < -0.3 is 4.84 Å². The minimum atomic E-state index is 0.925. The van der Waals surface area contributed by atoms with E-state index in [1.807, 2.05) is 12.2 Å². The normalized spacial score (nSPS) is 26.7. The van der Waals surface area contributed by atoms with Crippen LogP contribution in [0.15, 0.2) is 24.5 Å². The van der Waals surface area contributed by atoms with Crippen LogP contribution in [-0.4, -0.2) is 6.54 Å². The summed E-state index contributed by atoms with van der Waals surface area (Å²) in [4.78, 5) is 4.87. The molecule has 0 aromatic rings. The van der Waals surface area contributed by atoms with Crippen LogP contribution in [0.4, 0.5) is 0 Å². The van der Waals surface area contributed by atoms with Crippen molar-refractivity contribution in [3.05, 3.63) is 24.5 Å². The monoisotopic (exact) mass is 125 g/mol. The van der Waals surface area contributed by atoms with Crippen LogP contribution in [0.2, 0.25) is 0 Å². The molecule has 0 aromatic heterocycles. The van der Waals surface area contributed by atoms with Crippen LogP contribution in [-0.2, 0) is 4.84 Å². The Morgan fingerprint density at radius 3 is 3.33 bits per heavy atom. The molecule has 1 rings (SSSR count). The lowest BCUT2D eigenvalue weighted by molar-refractivity contribution is 0.134. The van der Waals surface area contributed by atoms with Gasteiger partial charge in [-0.2, -0.15) is 5.48 Å². The molecule has 2 heteroatoms. The summed E-state index contributed by atoms with van der Waals surface area (Å²) in [5.74, 6) is 0. The first kappa shape index (κ1) is 6.36. The zero-order valence-corrected chi connectivity index (χ0v) is 5.34. The number of hydroxylamine groups is 1. The Morgan fingerprint density at radius 2 is 2.33 bits per heavy atom. The molecule has 1 N–H and O–H groups in total. The van der Waals surface area contributed by atoms with Crippen molar-refractivity contribution in [3.8, 4) is 0 Å². The third kappa shape index (κ3) is 2.93. The van der Waals surface area contributed by atoms with Gasteiger partial charge in [0.05, 0.1) is 0 Å². The Hall–Kier alpha value is -0.760. The Bertz CT molecular complexity index is 104. The first-order valence-corrected chi connectivity index (χ1v) is 3.20. The number of rotatable bonds is 0. The largest absolute Gasteiger partial charge is 0.417 e. The second-order valence-corrected chi connectivity index (χ2v) is 1.91. The smallest absolute Gasteiger partial charge is 0.111 e. The van der Waals surface area contributed by atoms with Crippen molar-refractivity contribution in [2.24, 2.45) is 0 Å². The van der Waals surface area contributed by atoms with Crippen molar-refractivity contribution >= 4 is 0 Å². The van der Waals surface area contributed by atoms with Gasteiger partial charge in [0.2, 0.25) is 0 Å². The van der Waals surface area contributed by atoms with Crippen LogP contribution >= 0.6 is 0 Å². The van der Waals surface area contributed by atoms with E-state index in [1.165, 1.54) is 0 Å². The summed E-state index contributed by atoms with van der Waals surface area (Å²) in [5, 5.41) is 0. The first-order valence-electron chi connectivity index (χ1n) is 3.20. The van der Waals surface area contributed by atoms with Crippen LogP contribution in [0.3, 0.4) is 0 Å². The van der Waals surface area contributed by atoms with E-state index in [0.29, 0.717) is 0 Å². The Kier molecular flexibility index (Phi) is 2.93. The van der Waals surface area contributed by atoms with Gasteiger partial charge in [-0.25, -0.2) is 0 Å². The molecule has 0 aliphatic carbocycles. The zero-order chi connectivity index (χ0) is 6.36. The van der Waals surface area contributed by atoms with Crippen molar-refractivity contribution in [1.29, 1.82) is 0 Å². The van der Waals surface area contributed by atoms with Crippen molar-refractivity contribution in [1.82, 2.24) is 5.48 Å². The van der Waals surface area contributed by atoms with E-state index in [4.69, 9.17) is 4.84 Å². The molecule has 0 atom stereocenters. The predicted octanol–water partition coefficient (Wildman–Crippen LogP) is 1.37. The maximum absolute atomic E-state index is 4.87. The topological polar surface area (TPSA) is 21.3 Å². The number of hydrogen-bond acceptors (Lipinski definition) is 2. The third-order valence-corrected chi connectivity index (χ3v) is 1.13. The minimum Gasteiger partial charge on any atom is -0.417 e. The molecule has 1 heterocycles. The summed E-state index contributed by atoms with van der Waals surface area (Å²) in [6, 6.07) is 0. The molecule has 0 unspecified atom stereocenters. The molecule has 0 radical (unpaired) electrons. The first-order chi connectivity index (χ1) is 4.50. The molecule has 0 bridgehead atoms. The molecule has 0 amide bonds. The molecule has 0 saturated carbocycles. The second-order valence-electron chi connectivity index (χ2n) is 1.91. The lowest BCUT2D eigenvalue weighted by Crippen LogP contribution is -2.11. The van der Waals surface area contributed by atoms with Gasteiger partial charge in [-0.15, -0.1) is 0 Å². The minimum absolute atomic E-state index is 0.925. The highest BCUT2D eigenvalue weighted by molar-refractivity contribution is 4.99. The van der Waals surface area contributed by atoms with E-state index >= 15 is 0 Å². The standard InChI is InChI=1S/C7H11NO/c1-2-4-6-8-9-7-5-3-1/h1,3,5,7-8H,2,4,6H2/b3-1-,7-5-. The fourth-order valence-electron chi connectivity index (χ4n) is 0.659. The van der Waals surface area contributed by atoms with Gasteiger partial charge in [-0.1, -0.05) is 12.2 Å². The lowest BCUT2D eigenvalue weighted by atomic mass is 10.3. The number of hydrogen-bond donors (Lipinski definition) is 1. The molecule has 0 saturated heterocycles. The molecule has 9 heavy (non-hydrogen) atoms. The van der Waals surface area contributed by atoms with Crippen molar-refractivity contribution in [2.45, 2.75) is 12.8 Å². The highest BCUT2D eigenvalue weighted by atomic mass is 16.6. The van der Waals surface area contributed by atoms with Gasteiger partial charge in [0.15, 0.2) is 0 Å². The Morgan fingerprint density at radius 1 is 1.33 bits per heavy atom. The third-order valence-electron chi connectivity index (χ3n) is 1.13. The highest BCUT2D eigenvalue weighted by Crippen LogP contribution is 1.92. The van der Waals surface area contributed by atoms with Gasteiger partial charge in [-0.05, 0) is 18.9 Å². The average Bonchev–Trinajstić information content (AvgIpc) is 2.00. The van der Waals surface area contributed by atoms with E-state index in [-0.39, 0.29) is 0 Å². The summed E-state index contributed by atoms with van der Waals surface area (Å²) < 4.78 is 0. The fraction of sp³-hybridized carbons (Fsp3) is 0.429. The zero-order valence-electron chi connectivity index (χ0n) is 5.34. The molecule has 50 valence electrons. The summed E-state index contributed by atoms with van der Waals surface area (Å²) in [6.45, 7) is 0.925. The number of nitrogens with one attached hydrogen (secondary N) is 1. The summed E-state index contributed by atoms with van der Waals surface area (Å²) in [7, 11) is 0. The molecular weight excluding hydrogens is 114 g/mol. The summed E-state index contributed by atoms with van der Waals surface area (Å²) >= 11 is 0. The lowest BCUT2D eigenvalue weighted by Gasteiger charge is -1.98. The van der Waals surface area contributed by atoms with Gasteiger partial charge in [0.1, 0.15) is 6.26 Å². The van der Waals surface area contributed by atoms with E-state index < -0.39 is 0 Å². The molecule has 0 aromatic carbocycles. The molecule has 0 fully saturated rings. The summed E-state index contributed by atoms with van der Waals surface area (Å²) in [6.07, 6.45) is 9.90. The van der Waals surface area contributed by atoms with Crippen molar-refractivity contribution < 1.29 is 4.84 Å². The second kappa shape index (κ2) is 4.15. The Balaban J connectivity index is 2.28. The van der Waals surface area contributed by atoms with Gasteiger partial charge >= 0.3 is 0 Å². The molecule has 1 aliphatic heterocycles. The van der Waals surface area contributed by atoms with Crippen LogP contribution in [0.1, 0.15) is 12.8 Å².